The Morgan fingerprint density at radius 1 is 0.953 bits per heavy atom. The first-order valence-corrected chi connectivity index (χ1v) is 15.6. The molecule has 2 N–H and O–H groups in total. The monoisotopic (exact) mass is 611 g/mol. The third-order valence-electron chi connectivity index (χ3n) is 8.32. The number of carbonyl (C=O) groups excluding carboxylic acids is 4. The Hall–Kier alpha value is -3.59. The molecular formula is C33H42ClN3O6. The van der Waals surface area contributed by atoms with Crippen molar-refractivity contribution >= 4 is 35.5 Å². The minimum atomic E-state index is -1.03. The molecule has 1 aliphatic heterocycles. The van der Waals surface area contributed by atoms with Crippen LogP contribution in [0.4, 0.5) is 4.79 Å². The molecule has 232 valence electrons. The molecule has 9 nitrogen and oxygen atoms in total. The highest BCUT2D eigenvalue weighted by Gasteiger charge is 2.31. The van der Waals surface area contributed by atoms with Gasteiger partial charge in [0.25, 0.3) is 0 Å². The second-order valence-electron chi connectivity index (χ2n) is 11.5. The minimum absolute atomic E-state index is 0.00195. The Morgan fingerprint density at radius 2 is 1.72 bits per heavy atom. The van der Waals surface area contributed by atoms with Crippen molar-refractivity contribution in [3.8, 4) is 0 Å². The second kappa shape index (κ2) is 16.3. The number of amides is 3. The molecule has 43 heavy (non-hydrogen) atoms. The number of ether oxygens (including phenoxy) is 2. The van der Waals surface area contributed by atoms with E-state index >= 15 is 0 Å². The van der Waals surface area contributed by atoms with Crippen LogP contribution in [0, 0.1) is 5.92 Å². The van der Waals surface area contributed by atoms with Crippen molar-refractivity contribution < 1.29 is 28.7 Å². The lowest BCUT2D eigenvalue weighted by molar-refractivity contribution is -0.146. The number of hydrogen-bond acceptors (Lipinski definition) is 6. The van der Waals surface area contributed by atoms with Crippen LogP contribution >= 0.6 is 11.6 Å². The van der Waals surface area contributed by atoms with Crippen LogP contribution < -0.4 is 10.6 Å². The van der Waals surface area contributed by atoms with Crippen molar-refractivity contribution in [3.63, 3.8) is 0 Å². The first-order valence-electron chi connectivity index (χ1n) is 15.2. The van der Waals surface area contributed by atoms with E-state index in [-0.39, 0.29) is 31.3 Å². The van der Waals surface area contributed by atoms with Gasteiger partial charge in [0.1, 0.15) is 18.7 Å². The first kappa shape index (κ1) is 32.3. The molecule has 1 aliphatic carbocycles. The van der Waals surface area contributed by atoms with Crippen LogP contribution in [0.2, 0.25) is 5.02 Å². The fourth-order valence-corrected chi connectivity index (χ4v) is 6.16. The van der Waals surface area contributed by atoms with Gasteiger partial charge in [-0.2, -0.15) is 0 Å². The quantitative estimate of drug-likeness (QED) is 0.333. The van der Waals surface area contributed by atoms with Crippen molar-refractivity contribution in [1.29, 1.82) is 0 Å². The molecule has 0 saturated heterocycles. The van der Waals surface area contributed by atoms with E-state index in [0.29, 0.717) is 24.5 Å². The summed E-state index contributed by atoms with van der Waals surface area (Å²) < 4.78 is 10.3. The van der Waals surface area contributed by atoms with Gasteiger partial charge in [-0.3, -0.25) is 9.59 Å². The predicted octanol–water partition coefficient (Wildman–Crippen LogP) is 5.32. The fraction of sp³-hybridized carbons (Fsp3) is 0.515. The van der Waals surface area contributed by atoms with E-state index in [0.717, 1.165) is 56.1 Å². The number of hydrogen-bond donors (Lipinski definition) is 2. The Balaban J connectivity index is 1.37. The largest absolute Gasteiger partial charge is 0.467 e. The molecule has 1 fully saturated rings. The molecule has 0 spiro atoms. The standard InChI is InChI=1S/C33H42ClN3O6/c1-42-32(40)28(16-17-30(38)37-18-8-14-25-12-5-6-13-26(25)21-37)35-31(39)29(20-23-9-3-2-4-10-23)36-33(41)43-22-24-11-7-15-27(34)19-24/h5-7,11-13,15,19,23,28-29H,2-4,8-10,14,16-18,20-22H2,1H3,(H,35,39)(H,36,41)/t28-,29-/m0/s1. The number of nitrogens with one attached hydrogen (secondary N) is 2. The molecular weight excluding hydrogens is 570 g/mol. The number of rotatable bonds is 11. The Kier molecular flexibility index (Phi) is 12.3. The predicted molar refractivity (Wildman–Crippen MR) is 163 cm³/mol. The zero-order chi connectivity index (χ0) is 30.6. The van der Waals surface area contributed by atoms with Crippen molar-refractivity contribution in [2.24, 2.45) is 5.92 Å². The summed E-state index contributed by atoms with van der Waals surface area (Å²) in [5, 5.41) is 6.00. The molecule has 2 aliphatic rings. The van der Waals surface area contributed by atoms with Gasteiger partial charge >= 0.3 is 12.1 Å². The van der Waals surface area contributed by atoms with Gasteiger partial charge in [-0.1, -0.05) is 80.1 Å². The van der Waals surface area contributed by atoms with Gasteiger partial charge in [0.05, 0.1) is 7.11 Å². The summed E-state index contributed by atoms with van der Waals surface area (Å²) in [4.78, 5) is 54.0. The first-order chi connectivity index (χ1) is 20.8. The van der Waals surface area contributed by atoms with Gasteiger partial charge < -0.3 is 25.0 Å². The average Bonchev–Trinajstić information content (AvgIpc) is 3.24. The number of aryl methyl sites for hydroxylation is 1. The number of alkyl carbamates (subject to hydrolysis) is 1. The Morgan fingerprint density at radius 3 is 2.47 bits per heavy atom. The maximum absolute atomic E-state index is 13.5. The van der Waals surface area contributed by atoms with E-state index in [1.165, 1.54) is 12.7 Å². The third kappa shape index (κ3) is 9.99. The molecule has 2 aromatic carbocycles. The second-order valence-corrected chi connectivity index (χ2v) is 11.9. The molecule has 2 atom stereocenters. The van der Waals surface area contributed by atoms with Crippen LogP contribution in [0.3, 0.4) is 0 Å². The molecule has 4 rings (SSSR count). The molecule has 10 heteroatoms. The van der Waals surface area contributed by atoms with E-state index in [4.69, 9.17) is 21.1 Å². The molecule has 2 aromatic rings. The number of methoxy groups -OCH3 is 1. The van der Waals surface area contributed by atoms with Crippen molar-refractivity contribution in [1.82, 2.24) is 15.5 Å². The normalized spacial score (nSPS) is 16.7. The minimum Gasteiger partial charge on any atom is -0.467 e. The van der Waals surface area contributed by atoms with E-state index in [1.807, 2.05) is 23.1 Å². The fourth-order valence-electron chi connectivity index (χ4n) is 5.95. The average molecular weight is 612 g/mol. The molecule has 0 aromatic heterocycles. The highest BCUT2D eigenvalue weighted by atomic mass is 35.5. The summed E-state index contributed by atoms with van der Waals surface area (Å²) in [6.45, 7) is 1.15. The lowest BCUT2D eigenvalue weighted by atomic mass is 9.84. The molecule has 1 heterocycles. The molecule has 3 amide bonds. The van der Waals surface area contributed by atoms with Gasteiger partial charge in [-0.15, -0.1) is 0 Å². The number of benzene rings is 2. The van der Waals surface area contributed by atoms with Crippen LogP contribution in [0.1, 0.15) is 74.5 Å². The maximum atomic E-state index is 13.5. The zero-order valence-electron chi connectivity index (χ0n) is 24.8. The number of fused-ring (bicyclic) bond motifs is 1. The smallest absolute Gasteiger partial charge is 0.408 e. The van der Waals surface area contributed by atoms with E-state index in [1.54, 1.807) is 24.3 Å². The molecule has 0 unspecified atom stereocenters. The molecule has 1 saturated carbocycles. The van der Waals surface area contributed by atoms with Crippen molar-refractivity contribution in [2.45, 2.75) is 89.4 Å². The highest BCUT2D eigenvalue weighted by molar-refractivity contribution is 6.30. The lowest BCUT2D eigenvalue weighted by Crippen LogP contribution is -2.52. The summed E-state index contributed by atoms with van der Waals surface area (Å²) >= 11 is 6.03. The number of carbonyl (C=O) groups is 4. The molecule has 0 bridgehead atoms. The Bertz CT molecular complexity index is 1260. The summed E-state index contributed by atoms with van der Waals surface area (Å²) in [5.74, 6) is -0.956. The van der Waals surface area contributed by atoms with E-state index in [2.05, 4.69) is 16.7 Å². The van der Waals surface area contributed by atoms with Gasteiger partial charge in [0.15, 0.2) is 0 Å². The van der Waals surface area contributed by atoms with E-state index < -0.39 is 30.1 Å². The topological polar surface area (TPSA) is 114 Å². The highest BCUT2D eigenvalue weighted by Crippen LogP contribution is 2.27. The van der Waals surface area contributed by atoms with Crippen molar-refractivity contribution in [2.75, 3.05) is 13.7 Å². The van der Waals surface area contributed by atoms with Crippen LogP contribution in [0.15, 0.2) is 48.5 Å². The number of nitrogens with zero attached hydrogens (tertiary/aromatic N) is 1. The van der Waals surface area contributed by atoms with Crippen LogP contribution in [-0.2, 0) is 43.4 Å². The van der Waals surface area contributed by atoms with Crippen molar-refractivity contribution in [3.05, 3.63) is 70.2 Å². The van der Waals surface area contributed by atoms with Crippen LogP contribution in [-0.4, -0.2) is 54.5 Å². The van der Waals surface area contributed by atoms with Crippen LogP contribution in [0.5, 0.6) is 0 Å². The lowest BCUT2D eigenvalue weighted by Gasteiger charge is -2.28. The van der Waals surface area contributed by atoms with Gasteiger partial charge in [0, 0.05) is 24.5 Å². The number of halogens is 1. The zero-order valence-corrected chi connectivity index (χ0v) is 25.6. The van der Waals surface area contributed by atoms with Gasteiger partial charge in [-0.25, -0.2) is 9.59 Å². The van der Waals surface area contributed by atoms with E-state index in [9.17, 15) is 19.2 Å². The number of esters is 1. The van der Waals surface area contributed by atoms with Crippen LogP contribution in [0.25, 0.3) is 0 Å². The maximum Gasteiger partial charge on any atom is 0.408 e. The summed E-state index contributed by atoms with van der Waals surface area (Å²) in [6, 6.07) is 13.2. The Labute approximate surface area is 258 Å². The summed E-state index contributed by atoms with van der Waals surface area (Å²) in [7, 11) is 1.25. The summed E-state index contributed by atoms with van der Waals surface area (Å²) in [6.07, 6.45) is 6.88. The third-order valence-corrected chi connectivity index (χ3v) is 8.55. The van der Waals surface area contributed by atoms with Gasteiger partial charge in [0.2, 0.25) is 11.8 Å². The SMILES string of the molecule is COC(=O)[C@H](CCC(=O)N1CCCc2ccccc2C1)NC(=O)[C@H](CC1CCCCC1)NC(=O)OCc1cccc(Cl)c1. The molecule has 0 radical (unpaired) electrons. The summed E-state index contributed by atoms with van der Waals surface area (Å²) in [5.41, 5.74) is 3.10. The van der Waals surface area contributed by atoms with Gasteiger partial charge in [-0.05, 0) is 60.4 Å².